The Balaban J connectivity index is 2.99. The van der Waals surface area contributed by atoms with E-state index in [2.05, 4.69) is 13.2 Å². The Bertz CT molecular complexity index is 481. The van der Waals surface area contributed by atoms with Gasteiger partial charge in [-0.25, -0.2) is 0 Å². The van der Waals surface area contributed by atoms with E-state index in [1.165, 1.54) is 5.56 Å². The first-order valence-electron chi connectivity index (χ1n) is 7.44. The first kappa shape index (κ1) is 19.3. The van der Waals surface area contributed by atoms with E-state index in [0.717, 1.165) is 17.9 Å². The molecule has 0 fully saturated rings. The Hall–Kier alpha value is -0.740. The molecule has 1 rings (SSSR count). The molecule has 0 N–H and O–H groups in total. The summed E-state index contributed by atoms with van der Waals surface area (Å²) in [5, 5.41) is 0.727. The van der Waals surface area contributed by atoms with Gasteiger partial charge in [-0.2, -0.15) is 0 Å². The fourth-order valence-corrected chi connectivity index (χ4v) is 3.72. The molecular formula is C18H26ClNOS. The van der Waals surface area contributed by atoms with E-state index in [1.54, 1.807) is 0 Å². The van der Waals surface area contributed by atoms with Crippen LogP contribution in [0.5, 0.6) is 0 Å². The zero-order chi connectivity index (χ0) is 16.8. The van der Waals surface area contributed by atoms with Gasteiger partial charge in [-0.1, -0.05) is 35.9 Å². The van der Waals surface area contributed by atoms with Crippen LogP contribution in [0.1, 0.15) is 32.8 Å². The van der Waals surface area contributed by atoms with Crippen molar-refractivity contribution in [2.24, 2.45) is 0 Å². The third-order valence-electron chi connectivity index (χ3n) is 3.28. The summed E-state index contributed by atoms with van der Waals surface area (Å²) in [5.41, 5.74) is 1.18. The van der Waals surface area contributed by atoms with Crippen LogP contribution in [0.4, 0.5) is 0 Å². The molecule has 22 heavy (non-hydrogen) atoms. The maximum atomic E-state index is 12.8. The number of benzene rings is 1. The third-order valence-corrected chi connectivity index (χ3v) is 5.45. The Morgan fingerprint density at radius 1 is 1.23 bits per heavy atom. The fourth-order valence-electron chi connectivity index (χ4n) is 2.22. The smallest absolute Gasteiger partial charge is 0.137 e. The van der Waals surface area contributed by atoms with E-state index in [1.807, 2.05) is 61.5 Å². The average molecular weight is 340 g/mol. The Morgan fingerprint density at radius 3 is 2.27 bits per heavy atom. The molecule has 0 aliphatic carbocycles. The van der Waals surface area contributed by atoms with E-state index in [4.69, 9.17) is 11.6 Å². The first-order valence-corrected chi connectivity index (χ1v) is 8.93. The summed E-state index contributed by atoms with van der Waals surface area (Å²) < 4.78 is 14.6. The minimum Gasteiger partial charge on any atom is -0.597 e. The van der Waals surface area contributed by atoms with Crippen LogP contribution in [-0.2, 0) is 17.8 Å². The van der Waals surface area contributed by atoms with Crippen molar-refractivity contribution in [3.63, 3.8) is 0 Å². The lowest BCUT2D eigenvalue weighted by atomic mass is 10.0. The molecule has 0 spiro atoms. The van der Waals surface area contributed by atoms with Gasteiger partial charge in [0.2, 0.25) is 0 Å². The molecule has 0 aliphatic heterocycles. The fraction of sp³-hybridized carbons (Fsp3) is 0.444. The van der Waals surface area contributed by atoms with Gasteiger partial charge in [-0.15, -0.1) is 17.5 Å². The van der Waals surface area contributed by atoms with Crippen LogP contribution >= 0.6 is 11.6 Å². The topological polar surface area (TPSA) is 26.3 Å². The number of halogens is 1. The van der Waals surface area contributed by atoms with Crippen LogP contribution in [0, 0.1) is 0 Å². The van der Waals surface area contributed by atoms with Crippen molar-refractivity contribution in [2.75, 3.05) is 6.54 Å². The Kier molecular flexibility index (Phi) is 7.70. The zero-order valence-electron chi connectivity index (χ0n) is 13.7. The molecule has 0 bridgehead atoms. The predicted octanol–water partition coefficient (Wildman–Crippen LogP) is 4.78. The van der Waals surface area contributed by atoms with E-state index in [9.17, 15) is 4.55 Å². The molecule has 2 atom stereocenters. The van der Waals surface area contributed by atoms with Crippen LogP contribution in [-0.4, -0.2) is 26.2 Å². The zero-order valence-corrected chi connectivity index (χ0v) is 15.3. The van der Waals surface area contributed by atoms with Gasteiger partial charge in [0.05, 0.1) is 12.6 Å². The molecule has 1 aromatic rings. The van der Waals surface area contributed by atoms with Crippen LogP contribution in [0.25, 0.3) is 0 Å². The van der Waals surface area contributed by atoms with Crippen LogP contribution in [0.3, 0.4) is 0 Å². The van der Waals surface area contributed by atoms with Crippen LogP contribution < -0.4 is 0 Å². The standard InChI is InChI=1S/C18H26ClNOS/c1-6-8-17(14-15-9-11-16(19)12-10-15)20(13-7-2)22(21)18(3,4)5/h6-7,9-12,17H,1-2,8,13-14H2,3-5H3/t17?,22-/m0/s1. The molecule has 1 unspecified atom stereocenters. The van der Waals surface area contributed by atoms with Crippen LogP contribution in [0.2, 0.25) is 5.02 Å². The number of hydrogen-bond donors (Lipinski definition) is 0. The van der Waals surface area contributed by atoms with E-state index in [0.29, 0.717) is 6.54 Å². The molecule has 0 aliphatic rings. The molecule has 0 saturated heterocycles. The minimum absolute atomic E-state index is 0.122. The summed E-state index contributed by atoms with van der Waals surface area (Å²) in [7, 11) is 0. The largest absolute Gasteiger partial charge is 0.597 e. The lowest BCUT2D eigenvalue weighted by molar-refractivity contribution is 0.331. The van der Waals surface area contributed by atoms with E-state index in [-0.39, 0.29) is 10.8 Å². The second-order valence-electron chi connectivity index (χ2n) is 6.26. The van der Waals surface area contributed by atoms with Crippen molar-refractivity contribution in [2.45, 2.75) is 44.4 Å². The summed E-state index contributed by atoms with van der Waals surface area (Å²) in [4.78, 5) is 0. The normalized spacial score (nSPS) is 14.6. The second-order valence-corrected chi connectivity index (χ2v) is 8.89. The summed E-state index contributed by atoms with van der Waals surface area (Å²) >= 11 is 4.85. The van der Waals surface area contributed by atoms with E-state index >= 15 is 0 Å². The predicted molar refractivity (Wildman–Crippen MR) is 98.6 cm³/mol. The molecule has 4 heteroatoms. The lowest BCUT2D eigenvalue weighted by Gasteiger charge is -2.36. The van der Waals surface area contributed by atoms with Crippen molar-refractivity contribution >= 4 is 23.0 Å². The number of nitrogens with zero attached hydrogens (tertiary/aromatic N) is 1. The highest BCUT2D eigenvalue weighted by Crippen LogP contribution is 2.25. The van der Waals surface area contributed by atoms with E-state index < -0.39 is 11.4 Å². The minimum atomic E-state index is -1.10. The van der Waals surface area contributed by atoms with Crippen molar-refractivity contribution in [1.29, 1.82) is 0 Å². The molecule has 0 aromatic heterocycles. The van der Waals surface area contributed by atoms with Gasteiger partial charge < -0.3 is 4.55 Å². The molecule has 2 nitrogen and oxygen atoms in total. The monoisotopic (exact) mass is 339 g/mol. The third kappa shape index (κ3) is 5.81. The van der Waals surface area contributed by atoms with Crippen molar-refractivity contribution in [1.82, 2.24) is 4.31 Å². The van der Waals surface area contributed by atoms with Crippen molar-refractivity contribution < 1.29 is 4.55 Å². The highest BCUT2D eigenvalue weighted by Gasteiger charge is 2.36. The van der Waals surface area contributed by atoms with Crippen molar-refractivity contribution in [3.05, 3.63) is 60.2 Å². The molecule has 0 amide bonds. The highest BCUT2D eigenvalue weighted by atomic mass is 35.5. The molecule has 122 valence electrons. The lowest BCUT2D eigenvalue weighted by Crippen LogP contribution is -2.48. The van der Waals surface area contributed by atoms with Gasteiger partial charge in [0.15, 0.2) is 0 Å². The Morgan fingerprint density at radius 2 is 1.82 bits per heavy atom. The molecule has 0 saturated carbocycles. The molecular weight excluding hydrogens is 314 g/mol. The second kappa shape index (κ2) is 8.78. The SMILES string of the molecule is C=CCC(Cc1ccc(Cl)cc1)N(CC=C)[S@@+]([O-])C(C)(C)C. The van der Waals surface area contributed by atoms with Gasteiger partial charge in [0, 0.05) is 16.4 Å². The maximum absolute atomic E-state index is 12.8. The molecule has 0 radical (unpaired) electrons. The first-order chi connectivity index (χ1) is 10.3. The Labute approximate surface area is 143 Å². The van der Waals surface area contributed by atoms with Gasteiger partial charge >= 0.3 is 0 Å². The summed E-state index contributed by atoms with van der Waals surface area (Å²) in [6.07, 6.45) is 5.27. The summed E-state index contributed by atoms with van der Waals surface area (Å²) in [6, 6.07) is 7.94. The van der Waals surface area contributed by atoms with Gasteiger partial charge in [-0.3, -0.25) is 0 Å². The van der Waals surface area contributed by atoms with Gasteiger partial charge in [-0.05, 0) is 51.3 Å². The maximum Gasteiger partial charge on any atom is 0.137 e. The van der Waals surface area contributed by atoms with Crippen molar-refractivity contribution in [3.8, 4) is 0 Å². The highest BCUT2D eigenvalue weighted by molar-refractivity contribution is 7.90. The number of hydrogen-bond acceptors (Lipinski definition) is 2. The number of rotatable bonds is 8. The quantitative estimate of drug-likeness (QED) is 0.503. The molecule has 1 aromatic carbocycles. The summed E-state index contributed by atoms with van der Waals surface area (Å²) in [5.74, 6) is 0. The average Bonchev–Trinajstić information content (AvgIpc) is 2.45. The van der Waals surface area contributed by atoms with Crippen LogP contribution in [0.15, 0.2) is 49.6 Å². The van der Waals surface area contributed by atoms with Gasteiger partial charge in [0.25, 0.3) is 0 Å². The summed E-state index contributed by atoms with van der Waals surface area (Å²) in [6.45, 7) is 14.2. The van der Waals surface area contributed by atoms with Gasteiger partial charge in [0.1, 0.15) is 4.75 Å². The molecule has 0 heterocycles.